The number of hydrogen-bond acceptors (Lipinski definition) is 4. The van der Waals surface area contributed by atoms with Crippen molar-refractivity contribution in [2.24, 2.45) is 5.41 Å². The second-order valence-corrected chi connectivity index (χ2v) is 7.53. The van der Waals surface area contributed by atoms with Gasteiger partial charge in [-0.15, -0.1) is 11.3 Å². The molecule has 0 radical (unpaired) electrons. The van der Waals surface area contributed by atoms with Gasteiger partial charge >= 0.3 is 0 Å². The van der Waals surface area contributed by atoms with Crippen LogP contribution in [0.3, 0.4) is 0 Å². The van der Waals surface area contributed by atoms with Crippen LogP contribution in [0.4, 0.5) is 0 Å². The summed E-state index contributed by atoms with van der Waals surface area (Å²) in [6.07, 6.45) is 4.31. The smallest absolute Gasteiger partial charge is 0.109 e. The molecule has 2 unspecified atom stereocenters. The molecule has 1 aromatic rings. The molecule has 2 nitrogen and oxygen atoms in total. The van der Waals surface area contributed by atoms with Crippen molar-refractivity contribution in [3.8, 4) is 0 Å². The van der Waals surface area contributed by atoms with E-state index in [-0.39, 0.29) is 0 Å². The van der Waals surface area contributed by atoms with Crippen molar-refractivity contribution >= 4 is 23.1 Å². The molecule has 1 aromatic heterocycles. The summed E-state index contributed by atoms with van der Waals surface area (Å²) < 4.78 is 0. The lowest BCUT2D eigenvalue weighted by Gasteiger charge is -2.36. The number of thioether (sulfide) groups is 1. The Labute approximate surface area is 113 Å². The van der Waals surface area contributed by atoms with Crippen molar-refractivity contribution in [1.29, 1.82) is 0 Å². The Balaban J connectivity index is 1.95. The second kappa shape index (κ2) is 5.72. The topological polar surface area (TPSA) is 24.9 Å². The molecular weight excluding hydrogens is 248 g/mol. The molecule has 1 N–H and O–H groups in total. The fourth-order valence-corrected chi connectivity index (χ4v) is 4.49. The van der Waals surface area contributed by atoms with E-state index in [1.165, 1.54) is 22.9 Å². The standard InChI is InChI=1S/C13H22N2S2/c1-4-11(12-14-5-6-17-12)15-10-7-13(2,3)9-16-8-10/h5-6,10-11,15H,4,7-9H2,1-3H3. The highest BCUT2D eigenvalue weighted by molar-refractivity contribution is 7.99. The van der Waals surface area contributed by atoms with Gasteiger partial charge in [-0.1, -0.05) is 20.8 Å². The van der Waals surface area contributed by atoms with Crippen LogP contribution in [-0.4, -0.2) is 22.5 Å². The monoisotopic (exact) mass is 270 g/mol. The van der Waals surface area contributed by atoms with Gasteiger partial charge in [0, 0.05) is 23.4 Å². The van der Waals surface area contributed by atoms with Gasteiger partial charge in [0.1, 0.15) is 5.01 Å². The molecule has 96 valence electrons. The van der Waals surface area contributed by atoms with Gasteiger partial charge in [0.25, 0.3) is 0 Å². The Kier molecular flexibility index (Phi) is 4.50. The van der Waals surface area contributed by atoms with Gasteiger partial charge in [-0.25, -0.2) is 4.98 Å². The molecule has 0 spiro atoms. The van der Waals surface area contributed by atoms with Crippen LogP contribution in [0, 0.1) is 5.41 Å². The molecule has 1 saturated heterocycles. The van der Waals surface area contributed by atoms with Crippen LogP contribution in [-0.2, 0) is 0 Å². The fraction of sp³-hybridized carbons (Fsp3) is 0.769. The van der Waals surface area contributed by atoms with Gasteiger partial charge < -0.3 is 5.32 Å². The van der Waals surface area contributed by atoms with E-state index in [1.807, 2.05) is 6.20 Å². The third-order valence-electron chi connectivity index (χ3n) is 3.21. The van der Waals surface area contributed by atoms with Crippen LogP contribution >= 0.6 is 23.1 Å². The third kappa shape index (κ3) is 3.70. The van der Waals surface area contributed by atoms with Gasteiger partial charge in [-0.05, 0) is 24.0 Å². The molecule has 1 fully saturated rings. The average Bonchev–Trinajstić information content (AvgIpc) is 2.78. The highest BCUT2D eigenvalue weighted by atomic mass is 32.2. The average molecular weight is 270 g/mol. The zero-order valence-corrected chi connectivity index (χ0v) is 12.5. The van der Waals surface area contributed by atoms with Crippen LogP contribution in [0.1, 0.15) is 44.7 Å². The summed E-state index contributed by atoms with van der Waals surface area (Å²) in [6.45, 7) is 6.98. The lowest BCUT2D eigenvalue weighted by molar-refractivity contribution is 0.298. The quantitative estimate of drug-likeness (QED) is 0.902. The predicted octanol–water partition coefficient (Wildman–Crippen LogP) is 3.72. The normalized spacial score (nSPS) is 25.7. The molecule has 2 atom stereocenters. The lowest BCUT2D eigenvalue weighted by atomic mass is 9.87. The Morgan fingerprint density at radius 2 is 2.41 bits per heavy atom. The second-order valence-electron chi connectivity index (χ2n) is 5.58. The Morgan fingerprint density at radius 1 is 1.59 bits per heavy atom. The Morgan fingerprint density at radius 3 is 3.00 bits per heavy atom. The maximum Gasteiger partial charge on any atom is 0.109 e. The molecule has 0 amide bonds. The number of nitrogens with one attached hydrogen (secondary N) is 1. The summed E-state index contributed by atoms with van der Waals surface area (Å²) in [5, 5.41) is 7.10. The first-order chi connectivity index (χ1) is 8.11. The van der Waals surface area contributed by atoms with E-state index in [0.717, 1.165) is 6.42 Å². The van der Waals surface area contributed by atoms with Crippen molar-refractivity contribution in [3.63, 3.8) is 0 Å². The third-order valence-corrected chi connectivity index (χ3v) is 5.72. The fourth-order valence-electron chi connectivity index (χ4n) is 2.42. The van der Waals surface area contributed by atoms with E-state index in [9.17, 15) is 0 Å². The van der Waals surface area contributed by atoms with Gasteiger partial charge in [-0.3, -0.25) is 0 Å². The molecule has 2 heterocycles. The first-order valence-electron chi connectivity index (χ1n) is 6.34. The minimum absolute atomic E-state index is 0.439. The summed E-state index contributed by atoms with van der Waals surface area (Å²) in [7, 11) is 0. The van der Waals surface area contributed by atoms with Crippen LogP contribution in [0.5, 0.6) is 0 Å². The summed E-state index contributed by atoms with van der Waals surface area (Å²) in [5.74, 6) is 2.53. The van der Waals surface area contributed by atoms with Crippen LogP contribution in [0.15, 0.2) is 11.6 Å². The molecule has 17 heavy (non-hydrogen) atoms. The van der Waals surface area contributed by atoms with E-state index in [0.29, 0.717) is 17.5 Å². The van der Waals surface area contributed by atoms with Gasteiger partial charge in [0.15, 0.2) is 0 Å². The number of thiazole rings is 1. The SMILES string of the molecule is CCC(NC1CSCC(C)(C)C1)c1nccs1. The number of aromatic nitrogens is 1. The lowest BCUT2D eigenvalue weighted by Crippen LogP contribution is -2.41. The van der Waals surface area contributed by atoms with Crippen LogP contribution in [0.2, 0.25) is 0 Å². The molecule has 0 bridgehead atoms. The highest BCUT2D eigenvalue weighted by Crippen LogP contribution is 2.34. The predicted molar refractivity (Wildman–Crippen MR) is 77.8 cm³/mol. The van der Waals surface area contributed by atoms with Crippen molar-refractivity contribution in [3.05, 3.63) is 16.6 Å². The molecule has 4 heteroatoms. The largest absolute Gasteiger partial charge is 0.304 e. The maximum absolute atomic E-state index is 4.44. The Hall–Kier alpha value is -0.0600. The molecule has 0 saturated carbocycles. The summed E-state index contributed by atoms with van der Waals surface area (Å²) in [5.41, 5.74) is 0.474. The first kappa shape index (κ1) is 13.4. The van der Waals surface area contributed by atoms with Crippen LogP contribution in [0.25, 0.3) is 0 Å². The van der Waals surface area contributed by atoms with E-state index in [2.05, 4.69) is 48.2 Å². The molecular formula is C13H22N2S2. The van der Waals surface area contributed by atoms with E-state index < -0.39 is 0 Å². The summed E-state index contributed by atoms with van der Waals surface area (Å²) >= 11 is 3.84. The zero-order chi connectivity index (χ0) is 12.3. The molecule has 1 aliphatic heterocycles. The molecule has 0 aromatic carbocycles. The van der Waals surface area contributed by atoms with Crippen LogP contribution < -0.4 is 5.32 Å². The summed E-state index contributed by atoms with van der Waals surface area (Å²) in [6, 6.07) is 1.08. The number of rotatable bonds is 4. The zero-order valence-electron chi connectivity index (χ0n) is 10.9. The maximum atomic E-state index is 4.44. The van der Waals surface area contributed by atoms with E-state index in [1.54, 1.807) is 11.3 Å². The molecule has 0 aliphatic carbocycles. The van der Waals surface area contributed by atoms with Gasteiger partial charge in [0.2, 0.25) is 0 Å². The highest BCUT2D eigenvalue weighted by Gasteiger charge is 2.29. The van der Waals surface area contributed by atoms with E-state index >= 15 is 0 Å². The van der Waals surface area contributed by atoms with Crippen molar-refractivity contribution < 1.29 is 0 Å². The molecule has 1 aliphatic rings. The number of hydrogen-bond donors (Lipinski definition) is 1. The van der Waals surface area contributed by atoms with Gasteiger partial charge in [0.05, 0.1) is 6.04 Å². The van der Waals surface area contributed by atoms with Crippen molar-refractivity contribution in [2.75, 3.05) is 11.5 Å². The van der Waals surface area contributed by atoms with E-state index in [4.69, 9.17) is 0 Å². The summed E-state index contributed by atoms with van der Waals surface area (Å²) in [4.78, 5) is 4.44. The first-order valence-corrected chi connectivity index (χ1v) is 8.37. The minimum atomic E-state index is 0.439. The molecule has 2 rings (SSSR count). The number of nitrogens with zero attached hydrogens (tertiary/aromatic N) is 1. The Bertz CT molecular complexity index is 335. The minimum Gasteiger partial charge on any atom is -0.304 e. The van der Waals surface area contributed by atoms with Crippen molar-refractivity contribution in [2.45, 2.75) is 45.7 Å². The van der Waals surface area contributed by atoms with Crippen molar-refractivity contribution in [1.82, 2.24) is 10.3 Å². The van der Waals surface area contributed by atoms with Gasteiger partial charge in [-0.2, -0.15) is 11.8 Å².